The fourth-order valence-corrected chi connectivity index (χ4v) is 16.7. The molecular weight excluding hydrogens is 1270 g/mol. The van der Waals surface area contributed by atoms with Crippen LogP contribution in [0.2, 0.25) is 0 Å². The average molecular weight is 1350 g/mol. The summed E-state index contributed by atoms with van der Waals surface area (Å²) in [5.41, 5.74) is 36.3. The summed E-state index contributed by atoms with van der Waals surface area (Å²) in [5.74, 6) is 0. The molecular formula is C97H75BrN2. The Morgan fingerprint density at radius 2 is 0.530 bits per heavy atom. The second kappa shape index (κ2) is 24.6. The molecule has 0 bridgehead atoms. The zero-order chi connectivity index (χ0) is 68.0. The first-order chi connectivity index (χ1) is 48.6. The number of nitrogens with two attached hydrogens (primary N) is 1. The zero-order valence-electron chi connectivity index (χ0n) is 57.2. The van der Waals surface area contributed by atoms with Crippen molar-refractivity contribution in [2.75, 3.05) is 10.6 Å². The van der Waals surface area contributed by atoms with Crippen molar-refractivity contribution in [3.05, 3.63) is 372 Å². The minimum atomic E-state index is -0.129. The summed E-state index contributed by atoms with van der Waals surface area (Å²) in [6, 6.07) is 122. The highest BCUT2D eigenvalue weighted by Gasteiger charge is 2.39. The van der Waals surface area contributed by atoms with Gasteiger partial charge in [0.2, 0.25) is 0 Å². The van der Waals surface area contributed by atoms with Crippen molar-refractivity contribution in [2.45, 2.75) is 57.8 Å². The Bertz CT molecular complexity index is 5840. The second-order valence-corrected chi connectivity index (χ2v) is 29.7. The summed E-state index contributed by atoms with van der Waals surface area (Å²) in [6.07, 6.45) is 0. The third kappa shape index (κ3) is 10.8. The molecule has 2 nitrogen and oxygen atoms in total. The van der Waals surface area contributed by atoms with E-state index in [0.717, 1.165) is 38.3 Å². The highest BCUT2D eigenvalue weighted by Crippen LogP contribution is 2.55. The van der Waals surface area contributed by atoms with Gasteiger partial charge in [-0.15, -0.1) is 0 Å². The molecule has 0 saturated heterocycles. The smallest absolute Gasteiger partial charge is 0.0540 e. The number of benzene rings is 16. The van der Waals surface area contributed by atoms with Crippen molar-refractivity contribution in [3.8, 4) is 77.9 Å². The number of nitrogens with zero attached hydrogens (tertiary/aromatic N) is 1. The van der Waals surface area contributed by atoms with Crippen molar-refractivity contribution >= 4 is 81.8 Å². The van der Waals surface area contributed by atoms with E-state index in [4.69, 9.17) is 5.73 Å². The van der Waals surface area contributed by atoms with E-state index in [0.29, 0.717) is 0 Å². The van der Waals surface area contributed by atoms with E-state index in [1.165, 1.54) is 143 Å². The SMILES string of the molecule is CC1(C)c2ccccc2-c2ccc(Br)cc21.CC1(C)c2ccccc2-c2ccc(N(c3ccc4c(c3)C(C)(C)c3ccccc3-4)c3ccc(-c4ccc5ccccc5c4)cc3-c3ccc4ccccc4c3)cc21.Nc1ccc(-c2ccc3ccccc3c2)cc1-c1ccc2ccccc2c1. The molecule has 19 rings (SSSR count). The largest absolute Gasteiger partial charge is 0.398 e. The van der Waals surface area contributed by atoms with E-state index in [-0.39, 0.29) is 16.2 Å². The molecule has 0 heterocycles. The molecule has 0 spiro atoms. The Kier molecular flexibility index (Phi) is 15.3. The van der Waals surface area contributed by atoms with Gasteiger partial charge in [0, 0.05) is 48.9 Å². The van der Waals surface area contributed by atoms with Crippen molar-refractivity contribution in [1.29, 1.82) is 0 Å². The third-order valence-corrected chi connectivity index (χ3v) is 22.3. The quantitative estimate of drug-likeness (QED) is 0.161. The van der Waals surface area contributed by atoms with E-state index in [2.05, 4.69) is 390 Å². The Balaban J connectivity index is 0.000000142. The van der Waals surface area contributed by atoms with Gasteiger partial charge in [-0.1, -0.05) is 306 Å². The zero-order valence-corrected chi connectivity index (χ0v) is 58.7. The predicted octanol–water partition coefficient (Wildman–Crippen LogP) is 27.1. The standard InChI is InChI=1S/C56H43N.C26H19N.C15H13Br/c1-55(2)50-19-11-9-17-45(50)47-28-26-43(34-52(47)55)57(44-27-29-48-46-18-10-12-20-51(46)56(3,4)53(48)35-44)54-30-25-41(40-23-21-36-13-5-7-15-38(36)31-40)33-49(54)42-24-22-37-14-6-8-16-39(37)32-42;27-26-14-13-23(22-11-9-18-5-1-3-7-20(18)15-22)17-25(26)24-12-10-19-6-2-4-8-21(19)16-24;1-15(2)13-6-4-3-5-11(13)12-8-7-10(16)9-14(12)15/h5-35H,1-4H3;1-17H,27H2;3-9H,1-2H3. The lowest BCUT2D eigenvalue weighted by atomic mass is 9.82. The number of hydrogen-bond donors (Lipinski definition) is 1. The molecule has 0 aromatic heterocycles. The van der Waals surface area contributed by atoms with Crippen LogP contribution in [0.5, 0.6) is 0 Å². The maximum absolute atomic E-state index is 6.33. The normalized spacial score (nSPS) is 13.6. The molecule has 3 aliphatic rings. The van der Waals surface area contributed by atoms with Gasteiger partial charge in [-0.05, 0) is 228 Å². The summed E-state index contributed by atoms with van der Waals surface area (Å²) in [7, 11) is 0. The lowest BCUT2D eigenvalue weighted by molar-refractivity contribution is 0.660. The van der Waals surface area contributed by atoms with Crippen molar-refractivity contribution in [2.24, 2.45) is 0 Å². The molecule has 2 N–H and O–H groups in total. The van der Waals surface area contributed by atoms with E-state index >= 15 is 0 Å². The maximum Gasteiger partial charge on any atom is 0.0540 e. The van der Waals surface area contributed by atoms with Gasteiger partial charge in [-0.3, -0.25) is 0 Å². The van der Waals surface area contributed by atoms with Crippen molar-refractivity contribution < 1.29 is 0 Å². The van der Waals surface area contributed by atoms with Crippen LogP contribution in [-0.2, 0) is 16.2 Å². The van der Waals surface area contributed by atoms with Crippen molar-refractivity contribution in [3.63, 3.8) is 0 Å². The van der Waals surface area contributed by atoms with Gasteiger partial charge < -0.3 is 10.6 Å². The molecule has 0 unspecified atom stereocenters. The molecule has 16 aromatic carbocycles. The highest BCUT2D eigenvalue weighted by molar-refractivity contribution is 9.10. The number of anilines is 4. The first kappa shape index (κ1) is 62.2. The summed E-state index contributed by atoms with van der Waals surface area (Å²) in [6.45, 7) is 14.1. The van der Waals surface area contributed by atoms with Gasteiger partial charge in [0.1, 0.15) is 0 Å². The minimum absolute atomic E-state index is 0.121. The average Bonchev–Trinajstić information content (AvgIpc) is 1.57. The molecule has 100 heavy (non-hydrogen) atoms. The van der Waals surface area contributed by atoms with Gasteiger partial charge in [-0.2, -0.15) is 0 Å². The van der Waals surface area contributed by atoms with Gasteiger partial charge >= 0.3 is 0 Å². The molecule has 3 aliphatic carbocycles. The Hall–Kier alpha value is -11.4. The van der Waals surface area contributed by atoms with Crippen LogP contribution in [0.1, 0.15) is 74.9 Å². The molecule has 3 heteroatoms. The summed E-state index contributed by atoms with van der Waals surface area (Å²) < 4.78 is 1.16. The Labute approximate surface area is 595 Å². The lowest BCUT2D eigenvalue weighted by Gasteiger charge is -2.31. The maximum atomic E-state index is 6.33. The minimum Gasteiger partial charge on any atom is -0.398 e. The fraction of sp³-hybridized carbons (Fsp3) is 0.0928. The van der Waals surface area contributed by atoms with E-state index < -0.39 is 0 Å². The molecule has 480 valence electrons. The van der Waals surface area contributed by atoms with E-state index in [1.807, 2.05) is 6.07 Å². The van der Waals surface area contributed by atoms with E-state index in [9.17, 15) is 0 Å². The summed E-state index contributed by atoms with van der Waals surface area (Å²) in [5, 5.41) is 9.95. The van der Waals surface area contributed by atoms with Crippen LogP contribution in [0.25, 0.3) is 121 Å². The van der Waals surface area contributed by atoms with Crippen LogP contribution in [0.3, 0.4) is 0 Å². The molecule has 0 radical (unpaired) electrons. The first-order valence-corrected chi connectivity index (χ1v) is 35.6. The molecule has 0 aliphatic heterocycles. The van der Waals surface area contributed by atoms with Crippen LogP contribution in [0, 0.1) is 0 Å². The van der Waals surface area contributed by atoms with E-state index in [1.54, 1.807) is 0 Å². The third-order valence-electron chi connectivity index (χ3n) is 21.8. The number of nitrogen functional groups attached to an aromatic ring is 1. The summed E-state index contributed by atoms with van der Waals surface area (Å²) in [4.78, 5) is 2.52. The predicted molar refractivity (Wildman–Crippen MR) is 431 cm³/mol. The van der Waals surface area contributed by atoms with Crippen LogP contribution in [0.15, 0.2) is 338 Å². The van der Waals surface area contributed by atoms with Crippen molar-refractivity contribution in [1.82, 2.24) is 0 Å². The molecule has 0 saturated carbocycles. The second-order valence-electron chi connectivity index (χ2n) is 28.8. The van der Waals surface area contributed by atoms with Crippen LogP contribution in [-0.4, -0.2) is 0 Å². The monoisotopic (exact) mass is 1350 g/mol. The number of halogens is 1. The van der Waals surface area contributed by atoms with Gasteiger partial charge in [0.15, 0.2) is 0 Å². The number of fused-ring (bicyclic) bond motifs is 13. The van der Waals surface area contributed by atoms with Crippen LogP contribution >= 0.6 is 15.9 Å². The molecule has 0 amide bonds. The number of rotatable bonds is 7. The van der Waals surface area contributed by atoms with Gasteiger partial charge in [0.25, 0.3) is 0 Å². The Morgan fingerprint density at radius 1 is 0.230 bits per heavy atom. The van der Waals surface area contributed by atoms with Crippen LogP contribution < -0.4 is 10.6 Å². The highest BCUT2D eigenvalue weighted by atomic mass is 79.9. The summed E-state index contributed by atoms with van der Waals surface area (Å²) >= 11 is 3.56. The lowest BCUT2D eigenvalue weighted by Crippen LogP contribution is -2.18. The molecule has 0 fully saturated rings. The Morgan fingerprint density at radius 3 is 0.960 bits per heavy atom. The van der Waals surface area contributed by atoms with Gasteiger partial charge in [-0.25, -0.2) is 0 Å². The van der Waals surface area contributed by atoms with Crippen LogP contribution in [0.4, 0.5) is 22.7 Å². The molecule has 16 aromatic rings. The topological polar surface area (TPSA) is 29.3 Å². The number of hydrogen-bond acceptors (Lipinski definition) is 2. The molecule has 0 atom stereocenters. The fourth-order valence-electron chi connectivity index (χ4n) is 16.3. The first-order valence-electron chi connectivity index (χ1n) is 34.8. The van der Waals surface area contributed by atoms with Gasteiger partial charge in [0.05, 0.1) is 5.69 Å².